The Labute approximate surface area is 146 Å². The van der Waals surface area contributed by atoms with Gasteiger partial charge in [-0.15, -0.1) is 12.4 Å². The number of hydrogen-bond donors (Lipinski definition) is 2. The standard InChI is InChI=1S/C17H21N5O.ClH/c18-8-11-21(10-7-14-4-2-1-3-5-14)13-15-12-17(23)22-16(20-15)6-9-19-22;/h1-6,9,12,19H,7-8,10-11,13,18H2;1H. The smallest absolute Gasteiger partial charge is 0.272 e. The van der Waals surface area contributed by atoms with Crippen LogP contribution in [0.1, 0.15) is 11.3 Å². The van der Waals surface area contributed by atoms with Crippen LogP contribution in [0.15, 0.2) is 53.5 Å². The van der Waals surface area contributed by atoms with Gasteiger partial charge in [-0.2, -0.15) is 0 Å². The van der Waals surface area contributed by atoms with Crippen LogP contribution in [0.4, 0.5) is 0 Å². The van der Waals surface area contributed by atoms with Crippen molar-refractivity contribution in [3.63, 3.8) is 0 Å². The Morgan fingerprint density at radius 3 is 2.71 bits per heavy atom. The summed E-state index contributed by atoms with van der Waals surface area (Å²) in [7, 11) is 0. The zero-order valence-electron chi connectivity index (χ0n) is 13.4. The second kappa shape index (κ2) is 8.63. The summed E-state index contributed by atoms with van der Waals surface area (Å²) in [4.78, 5) is 18.8. The minimum absolute atomic E-state index is 0. The summed E-state index contributed by atoms with van der Waals surface area (Å²) < 4.78 is 1.43. The zero-order valence-corrected chi connectivity index (χ0v) is 14.2. The normalized spacial score (nSPS) is 10.9. The van der Waals surface area contributed by atoms with Crippen LogP contribution in [0.2, 0.25) is 0 Å². The molecule has 6 nitrogen and oxygen atoms in total. The average molecular weight is 348 g/mol. The molecule has 0 atom stereocenters. The van der Waals surface area contributed by atoms with Crippen molar-refractivity contribution in [1.29, 1.82) is 0 Å². The van der Waals surface area contributed by atoms with E-state index in [1.165, 1.54) is 10.1 Å². The van der Waals surface area contributed by atoms with Crippen molar-refractivity contribution in [2.75, 3.05) is 19.6 Å². The highest BCUT2D eigenvalue weighted by Gasteiger charge is 2.09. The number of nitrogens with zero attached hydrogens (tertiary/aromatic N) is 3. The van der Waals surface area contributed by atoms with Gasteiger partial charge in [-0.1, -0.05) is 30.3 Å². The summed E-state index contributed by atoms with van der Waals surface area (Å²) in [5.74, 6) is 0. The molecule has 0 saturated carbocycles. The van der Waals surface area contributed by atoms with Crippen molar-refractivity contribution in [3.8, 4) is 0 Å². The average Bonchev–Trinajstić information content (AvgIpc) is 3.03. The Morgan fingerprint density at radius 2 is 1.96 bits per heavy atom. The van der Waals surface area contributed by atoms with Gasteiger partial charge in [0, 0.05) is 44.5 Å². The fourth-order valence-corrected chi connectivity index (χ4v) is 2.67. The summed E-state index contributed by atoms with van der Waals surface area (Å²) in [5.41, 5.74) is 8.34. The Bertz CT molecular complexity index is 814. The summed E-state index contributed by atoms with van der Waals surface area (Å²) in [6.45, 7) is 2.87. The Morgan fingerprint density at radius 1 is 1.17 bits per heavy atom. The van der Waals surface area contributed by atoms with Gasteiger partial charge in [0.1, 0.15) is 0 Å². The first kappa shape index (κ1) is 18.2. The summed E-state index contributed by atoms with van der Waals surface area (Å²) in [5, 5.41) is 2.85. The number of aromatic amines is 1. The van der Waals surface area contributed by atoms with E-state index in [1.807, 2.05) is 18.2 Å². The van der Waals surface area contributed by atoms with Crippen LogP contribution in [-0.2, 0) is 13.0 Å². The van der Waals surface area contributed by atoms with Crippen LogP contribution in [0.3, 0.4) is 0 Å². The molecule has 0 bridgehead atoms. The Kier molecular flexibility index (Phi) is 6.54. The third kappa shape index (κ3) is 4.44. The van der Waals surface area contributed by atoms with E-state index in [0.717, 1.165) is 25.2 Å². The number of nitrogens with two attached hydrogens (primary N) is 1. The van der Waals surface area contributed by atoms with E-state index in [-0.39, 0.29) is 18.0 Å². The lowest BCUT2D eigenvalue weighted by molar-refractivity contribution is 0.273. The maximum Gasteiger partial charge on any atom is 0.272 e. The maximum absolute atomic E-state index is 12.0. The molecular formula is C17H22ClN5O. The van der Waals surface area contributed by atoms with E-state index < -0.39 is 0 Å². The summed E-state index contributed by atoms with van der Waals surface area (Å²) in [6, 6.07) is 13.7. The largest absolute Gasteiger partial charge is 0.329 e. The maximum atomic E-state index is 12.0. The molecule has 0 amide bonds. The third-order valence-corrected chi connectivity index (χ3v) is 3.82. The molecule has 128 valence electrons. The van der Waals surface area contributed by atoms with Gasteiger partial charge in [0.2, 0.25) is 0 Å². The number of hydrogen-bond acceptors (Lipinski definition) is 4. The van der Waals surface area contributed by atoms with Crippen molar-refractivity contribution in [1.82, 2.24) is 19.5 Å². The third-order valence-electron chi connectivity index (χ3n) is 3.82. The molecule has 3 N–H and O–H groups in total. The van der Waals surface area contributed by atoms with Crippen LogP contribution in [-0.4, -0.2) is 39.1 Å². The molecule has 0 aliphatic rings. The molecule has 0 unspecified atom stereocenters. The number of aromatic nitrogens is 3. The molecule has 7 heteroatoms. The number of nitrogens with one attached hydrogen (secondary N) is 1. The lowest BCUT2D eigenvalue weighted by Gasteiger charge is -2.21. The van der Waals surface area contributed by atoms with Crippen LogP contribution >= 0.6 is 12.4 Å². The number of fused-ring (bicyclic) bond motifs is 1. The number of benzene rings is 1. The molecule has 0 aliphatic heterocycles. The van der Waals surface area contributed by atoms with Gasteiger partial charge >= 0.3 is 0 Å². The zero-order chi connectivity index (χ0) is 16.1. The topological polar surface area (TPSA) is 79.4 Å². The Hall–Kier alpha value is -2.15. The first-order valence-electron chi connectivity index (χ1n) is 7.78. The van der Waals surface area contributed by atoms with Gasteiger partial charge in [0.15, 0.2) is 5.65 Å². The minimum atomic E-state index is -0.0919. The molecule has 2 aromatic heterocycles. The first-order chi connectivity index (χ1) is 11.3. The highest BCUT2D eigenvalue weighted by atomic mass is 35.5. The lowest BCUT2D eigenvalue weighted by Crippen LogP contribution is -2.32. The van der Waals surface area contributed by atoms with E-state index in [2.05, 4.69) is 27.1 Å². The van der Waals surface area contributed by atoms with Crippen LogP contribution in [0, 0.1) is 0 Å². The van der Waals surface area contributed by atoms with E-state index >= 15 is 0 Å². The van der Waals surface area contributed by atoms with Gasteiger partial charge in [-0.05, 0) is 12.0 Å². The molecule has 2 heterocycles. The molecule has 0 fully saturated rings. The summed E-state index contributed by atoms with van der Waals surface area (Å²) >= 11 is 0. The quantitative estimate of drug-likeness (QED) is 0.678. The summed E-state index contributed by atoms with van der Waals surface area (Å²) in [6.07, 6.45) is 2.66. The van der Waals surface area contributed by atoms with Crippen LogP contribution < -0.4 is 11.3 Å². The van der Waals surface area contributed by atoms with Crippen LogP contribution in [0.5, 0.6) is 0 Å². The minimum Gasteiger partial charge on any atom is -0.329 e. The number of H-pyrrole nitrogens is 1. The highest BCUT2D eigenvalue weighted by molar-refractivity contribution is 5.85. The lowest BCUT2D eigenvalue weighted by atomic mass is 10.1. The molecule has 0 spiro atoms. The van der Waals surface area contributed by atoms with Crippen molar-refractivity contribution in [2.24, 2.45) is 5.73 Å². The van der Waals surface area contributed by atoms with Crippen molar-refractivity contribution in [3.05, 3.63) is 70.3 Å². The molecule has 3 rings (SSSR count). The molecule has 0 saturated heterocycles. The predicted molar refractivity (Wildman–Crippen MR) is 97.5 cm³/mol. The van der Waals surface area contributed by atoms with Gasteiger partial charge in [0.05, 0.1) is 5.69 Å². The van der Waals surface area contributed by atoms with Crippen molar-refractivity contribution >= 4 is 18.1 Å². The van der Waals surface area contributed by atoms with Gasteiger partial charge in [-0.25, -0.2) is 9.50 Å². The number of rotatable bonds is 7. The van der Waals surface area contributed by atoms with Crippen molar-refractivity contribution < 1.29 is 0 Å². The number of halogens is 1. The molecule has 0 aliphatic carbocycles. The first-order valence-corrected chi connectivity index (χ1v) is 7.78. The highest BCUT2D eigenvalue weighted by Crippen LogP contribution is 2.05. The molecule has 0 radical (unpaired) electrons. The second-order valence-electron chi connectivity index (χ2n) is 5.54. The van der Waals surface area contributed by atoms with Crippen LogP contribution in [0.25, 0.3) is 5.65 Å². The fraction of sp³-hybridized carbons (Fsp3) is 0.294. The SMILES string of the molecule is Cl.NCCN(CCc1ccccc1)Cc1cc(=O)n2[nH]ccc2n1. The molecular weight excluding hydrogens is 326 g/mol. The molecule has 1 aromatic carbocycles. The van der Waals surface area contributed by atoms with Gasteiger partial charge in [0.25, 0.3) is 5.56 Å². The Balaban J connectivity index is 0.00000208. The van der Waals surface area contributed by atoms with Gasteiger partial charge < -0.3 is 5.73 Å². The van der Waals surface area contributed by atoms with E-state index in [0.29, 0.717) is 18.7 Å². The van der Waals surface area contributed by atoms with Gasteiger partial charge in [-0.3, -0.25) is 14.8 Å². The van der Waals surface area contributed by atoms with E-state index in [9.17, 15) is 4.79 Å². The monoisotopic (exact) mass is 347 g/mol. The van der Waals surface area contributed by atoms with E-state index in [1.54, 1.807) is 18.3 Å². The fourth-order valence-electron chi connectivity index (χ4n) is 2.67. The molecule has 3 aromatic rings. The molecule has 24 heavy (non-hydrogen) atoms. The van der Waals surface area contributed by atoms with Crippen molar-refractivity contribution in [2.45, 2.75) is 13.0 Å². The van der Waals surface area contributed by atoms with E-state index in [4.69, 9.17) is 5.73 Å². The predicted octanol–water partition coefficient (Wildman–Crippen LogP) is 1.45. The second-order valence-corrected chi connectivity index (χ2v) is 5.54.